The summed E-state index contributed by atoms with van der Waals surface area (Å²) in [6.45, 7) is 11.3. The summed E-state index contributed by atoms with van der Waals surface area (Å²) in [6, 6.07) is 8.28. The molecule has 3 heteroatoms. The van der Waals surface area contributed by atoms with Crippen molar-refractivity contribution in [3.63, 3.8) is 0 Å². The average Bonchev–Trinajstić information content (AvgIpc) is 2.27. The lowest BCUT2D eigenvalue weighted by Crippen LogP contribution is -2.16. The van der Waals surface area contributed by atoms with Gasteiger partial charge in [0.05, 0.1) is 0 Å². The number of benzene rings is 1. The van der Waals surface area contributed by atoms with Gasteiger partial charge < -0.3 is 9.47 Å². The maximum absolute atomic E-state index is 5.73. The van der Waals surface area contributed by atoms with E-state index in [-0.39, 0.29) is 11.7 Å². The van der Waals surface area contributed by atoms with Gasteiger partial charge >= 0.3 is 0 Å². The third-order valence-corrected chi connectivity index (χ3v) is 5.20. The molecule has 1 aromatic carbocycles. The molecule has 1 rings (SSSR count). The number of halogens is 1. The van der Waals surface area contributed by atoms with Crippen LogP contribution >= 0.6 is 22.6 Å². The molecule has 0 aliphatic heterocycles. The largest absolute Gasteiger partial charge is 0.465 e. The highest BCUT2D eigenvalue weighted by Crippen LogP contribution is 2.41. The van der Waals surface area contributed by atoms with Crippen molar-refractivity contribution in [3.8, 4) is 5.75 Å². The molecule has 0 spiro atoms. The minimum atomic E-state index is -0.201. The van der Waals surface area contributed by atoms with Crippen LogP contribution in [-0.4, -0.2) is 12.9 Å². The number of hydrogen-bond acceptors (Lipinski definition) is 2. The van der Waals surface area contributed by atoms with E-state index in [0.717, 1.165) is 5.75 Å². The van der Waals surface area contributed by atoms with Crippen LogP contribution in [0.5, 0.6) is 5.75 Å². The fourth-order valence-electron chi connectivity index (χ4n) is 1.71. The zero-order chi connectivity index (χ0) is 13.8. The molecule has 2 atom stereocenters. The van der Waals surface area contributed by atoms with Gasteiger partial charge in [0.15, 0.2) is 6.29 Å². The smallest absolute Gasteiger partial charge is 0.196 e. The van der Waals surface area contributed by atoms with Gasteiger partial charge in [-0.25, -0.2) is 0 Å². The predicted octanol–water partition coefficient (Wildman–Crippen LogP) is 4.97. The molecule has 1 aromatic rings. The molecule has 2 nitrogen and oxygen atoms in total. The first-order valence-electron chi connectivity index (χ1n) is 6.37. The van der Waals surface area contributed by atoms with Gasteiger partial charge in [-0.2, -0.15) is 0 Å². The quantitative estimate of drug-likeness (QED) is 0.418. The van der Waals surface area contributed by atoms with E-state index in [9.17, 15) is 0 Å². The Kier molecular flexibility index (Phi) is 5.92. The molecule has 0 saturated carbocycles. The van der Waals surface area contributed by atoms with Gasteiger partial charge in [0.25, 0.3) is 0 Å². The Morgan fingerprint density at radius 1 is 1.28 bits per heavy atom. The van der Waals surface area contributed by atoms with Crippen molar-refractivity contribution >= 4 is 22.6 Å². The summed E-state index contributed by atoms with van der Waals surface area (Å²) >= 11 is 2.49. The van der Waals surface area contributed by atoms with Crippen LogP contribution in [0.3, 0.4) is 0 Å². The molecular weight excluding hydrogens is 339 g/mol. The van der Waals surface area contributed by atoms with Crippen molar-refractivity contribution in [2.24, 2.45) is 5.41 Å². The average molecular weight is 362 g/mol. The van der Waals surface area contributed by atoms with Crippen molar-refractivity contribution in [1.29, 1.82) is 0 Å². The minimum Gasteiger partial charge on any atom is -0.465 e. The second-order valence-corrected chi connectivity index (χ2v) is 6.69. The third-order valence-electron chi connectivity index (χ3n) is 2.61. The van der Waals surface area contributed by atoms with Crippen molar-refractivity contribution in [1.82, 2.24) is 0 Å². The van der Waals surface area contributed by atoms with Crippen LogP contribution in [0.15, 0.2) is 24.3 Å². The van der Waals surface area contributed by atoms with Gasteiger partial charge in [0.2, 0.25) is 0 Å². The van der Waals surface area contributed by atoms with E-state index in [2.05, 4.69) is 55.5 Å². The van der Waals surface area contributed by atoms with Crippen LogP contribution in [0.4, 0.5) is 0 Å². The second kappa shape index (κ2) is 6.75. The Bertz CT molecular complexity index is 371. The standard InChI is InChI=1S/C15H23IO2/c1-6-17-11(2)18-13-9-7-8-12(10-13)14(16)15(3,4)5/h7-11,14H,6H2,1-5H3. The maximum Gasteiger partial charge on any atom is 0.196 e. The van der Waals surface area contributed by atoms with Gasteiger partial charge in [-0.05, 0) is 37.0 Å². The Hall–Kier alpha value is -0.290. The lowest BCUT2D eigenvalue weighted by Gasteiger charge is -2.26. The van der Waals surface area contributed by atoms with E-state index >= 15 is 0 Å². The second-order valence-electron chi connectivity index (χ2n) is 5.44. The first kappa shape index (κ1) is 15.8. The molecule has 0 saturated heterocycles. The molecule has 2 unspecified atom stereocenters. The van der Waals surface area contributed by atoms with E-state index in [1.807, 2.05) is 26.0 Å². The highest BCUT2D eigenvalue weighted by atomic mass is 127. The van der Waals surface area contributed by atoms with E-state index < -0.39 is 0 Å². The zero-order valence-corrected chi connectivity index (χ0v) is 14.0. The third kappa shape index (κ3) is 4.76. The molecule has 102 valence electrons. The fourth-order valence-corrected chi connectivity index (χ4v) is 2.09. The zero-order valence-electron chi connectivity index (χ0n) is 11.9. The first-order valence-corrected chi connectivity index (χ1v) is 7.61. The predicted molar refractivity (Wildman–Crippen MR) is 84.4 cm³/mol. The van der Waals surface area contributed by atoms with Gasteiger partial charge in [0.1, 0.15) is 5.75 Å². The monoisotopic (exact) mass is 362 g/mol. The number of alkyl halides is 1. The highest BCUT2D eigenvalue weighted by Gasteiger charge is 2.23. The lowest BCUT2D eigenvalue weighted by molar-refractivity contribution is -0.0613. The van der Waals surface area contributed by atoms with Crippen LogP contribution in [0.2, 0.25) is 0 Å². The van der Waals surface area contributed by atoms with E-state index in [1.165, 1.54) is 5.56 Å². The molecule has 0 N–H and O–H groups in total. The summed E-state index contributed by atoms with van der Waals surface area (Å²) in [7, 11) is 0. The summed E-state index contributed by atoms with van der Waals surface area (Å²) in [6.07, 6.45) is -0.201. The molecule has 0 fully saturated rings. The molecule has 0 aromatic heterocycles. The van der Waals surface area contributed by atoms with Crippen LogP contribution in [0.25, 0.3) is 0 Å². The van der Waals surface area contributed by atoms with E-state index in [4.69, 9.17) is 9.47 Å². The molecule has 0 aliphatic carbocycles. The molecule has 0 bridgehead atoms. The Morgan fingerprint density at radius 3 is 2.50 bits per heavy atom. The van der Waals surface area contributed by atoms with Gasteiger partial charge in [-0.1, -0.05) is 55.5 Å². The first-order chi connectivity index (χ1) is 8.34. The van der Waals surface area contributed by atoms with Crippen LogP contribution in [0.1, 0.15) is 44.1 Å². The molecule has 0 amide bonds. The van der Waals surface area contributed by atoms with Crippen molar-refractivity contribution in [2.75, 3.05) is 6.61 Å². The van der Waals surface area contributed by atoms with E-state index in [1.54, 1.807) is 0 Å². The van der Waals surface area contributed by atoms with Crippen LogP contribution < -0.4 is 4.74 Å². The summed E-state index contributed by atoms with van der Waals surface area (Å²) < 4.78 is 11.6. The number of rotatable bonds is 5. The number of hydrogen-bond donors (Lipinski definition) is 0. The van der Waals surface area contributed by atoms with Gasteiger partial charge in [-0.15, -0.1) is 0 Å². The summed E-state index contributed by atoms with van der Waals surface area (Å²) in [5.74, 6) is 0.874. The van der Waals surface area contributed by atoms with Crippen molar-refractivity contribution in [2.45, 2.75) is 44.8 Å². The summed E-state index contributed by atoms with van der Waals surface area (Å²) in [5.41, 5.74) is 1.54. The van der Waals surface area contributed by atoms with Crippen LogP contribution in [0, 0.1) is 5.41 Å². The van der Waals surface area contributed by atoms with E-state index in [0.29, 0.717) is 10.5 Å². The maximum atomic E-state index is 5.73. The molecule has 0 aliphatic rings. The van der Waals surface area contributed by atoms with Crippen molar-refractivity contribution in [3.05, 3.63) is 29.8 Å². The molecule has 18 heavy (non-hydrogen) atoms. The van der Waals surface area contributed by atoms with Gasteiger partial charge in [0, 0.05) is 10.5 Å². The SMILES string of the molecule is CCOC(C)Oc1cccc(C(I)C(C)(C)C)c1. The normalized spacial score (nSPS) is 15.2. The Morgan fingerprint density at radius 2 is 1.94 bits per heavy atom. The number of ether oxygens (including phenoxy) is 2. The topological polar surface area (TPSA) is 18.5 Å². The summed E-state index contributed by atoms with van der Waals surface area (Å²) in [4.78, 5) is 0. The molecular formula is C15H23IO2. The molecule has 0 radical (unpaired) electrons. The van der Waals surface area contributed by atoms with Crippen molar-refractivity contribution < 1.29 is 9.47 Å². The lowest BCUT2D eigenvalue weighted by atomic mass is 9.88. The summed E-state index contributed by atoms with van der Waals surface area (Å²) in [5, 5.41) is 0. The molecule has 0 heterocycles. The van der Waals surface area contributed by atoms with Crippen LogP contribution in [-0.2, 0) is 4.74 Å². The Labute approximate surface area is 124 Å². The fraction of sp³-hybridized carbons (Fsp3) is 0.600. The Balaban J connectivity index is 2.79. The minimum absolute atomic E-state index is 0.201. The van der Waals surface area contributed by atoms with Gasteiger partial charge in [-0.3, -0.25) is 0 Å². The highest BCUT2D eigenvalue weighted by molar-refractivity contribution is 14.1.